The van der Waals surface area contributed by atoms with Crippen molar-refractivity contribution in [2.75, 3.05) is 45.3 Å². The van der Waals surface area contributed by atoms with Gasteiger partial charge in [0.25, 0.3) is 5.56 Å². The topological polar surface area (TPSA) is 111 Å². The van der Waals surface area contributed by atoms with Crippen molar-refractivity contribution in [1.29, 1.82) is 0 Å². The summed E-state index contributed by atoms with van der Waals surface area (Å²) in [5, 5.41) is 8.30. The van der Waals surface area contributed by atoms with Crippen LogP contribution in [0.15, 0.2) is 41.3 Å². The maximum atomic E-state index is 12.7. The Hall–Kier alpha value is -4.64. The summed E-state index contributed by atoms with van der Waals surface area (Å²) in [6.07, 6.45) is 7.41. The van der Waals surface area contributed by atoms with Crippen LogP contribution in [0.5, 0.6) is 11.5 Å². The Bertz CT molecular complexity index is 2010. The molecule has 1 N–H and O–H groups in total. The van der Waals surface area contributed by atoms with Crippen LogP contribution in [0.3, 0.4) is 0 Å². The molecule has 0 saturated carbocycles. The number of piperidine rings is 3. The lowest BCUT2D eigenvalue weighted by Gasteiger charge is -2.41. The maximum Gasteiger partial charge on any atom is 0.253 e. The minimum atomic E-state index is -0.402. The Morgan fingerprint density at radius 3 is 2.14 bits per heavy atom. The molecular formula is C40H50N6O5. The summed E-state index contributed by atoms with van der Waals surface area (Å²) in [6, 6.07) is 10.5. The van der Waals surface area contributed by atoms with E-state index in [1.165, 1.54) is 18.5 Å². The van der Waals surface area contributed by atoms with E-state index in [9.17, 15) is 14.4 Å². The number of amides is 2. The van der Waals surface area contributed by atoms with Crippen LogP contribution in [0.1, 0.15) is 66.8 Å². The quantitative estimate of drug-likeness (QED) is 0.250. The van der Waals surface area contributed by atoms with Crippen molar-refractivity contribution in [3.63, 3.8) is 0 Å². The van der Waals surface area contributed by atoms with E-state index in [0.717, 1.165) is 101 Å². The molecule has 0 bridgehead atoms. The van der Waals surface area contributed by atoms with Crippen LogP contribution >= 0.6 is 0 Å². The molecular weight excluding hydrogens is 644 g/mol. The molecule has 0 radical (unpaired) electrons. The minimum absolute atomic E-state index is 0.0187. The van der Waals surface area contributed by atoms with Gasteiger partial charge in [-0.05, 0) is 100 Å². The van der Waals surface area contributed by atoms with Crippen LogP contribution in [0, 0.1) is 25.7 Å². The summed E-state index contributed by atoms with van der Waals surface area (Å²) < 4.78 is 15.4. The van der Waals surface area contributed by atoms with Crippen molar-refractivity contribution < 1.29 is 19.1 Å². The van der Waals surface area contributed by atoms with Gasteiger partial charge in [-0.15, -0.1) is 0 Å². The van der Waals surface area contributed by atoms with E-state index in [0.29, 0.717) is 24.7 Å². The third kappa shape index (κ3) is 6.52. The number of para-hydroxylation sites is 1. The Labute approximate surface area is 299 Å². The van der Waals surface area contributed by atoms with Gasteiger partial charge in [-0.1, -0.05) is 12.1 Å². The number of nitrogens with zero attached hydrogens (tertiary/aromatic N) is 5. The molecule has 3 aliphatic rings. The SMILES string of the molecule is COc1cc(-c2cn(C)c(=O)c(C)c2C)cc(OC)c1CN1CCC(C2CCN(c3cccc4c(C5CCC(=O)NC5=O)nn(C)c34)CC2)CC1. The molecule has 0 spiro atoms. The molecule has 3 fully saturated rings. The molecule has 1 atom stereocenters. The summed E-state index contributed by atoms with van der Waals surface area (Å²) in [5.41, 5.74) is 7.76. The lowest BCUT2D eigenvalue weighted by atomic mass is 9.78. The molecule has 5 heterocycles. The predicted molar refractivity (Wildman–Crippen MR) is 198 cm³/mol. The number of carbonyl (C=O) groups excluding carboxylic acids is 2. The summed E-state index contributed by atoms with van der Waals surface area (Å²) in [4.78, 5) is 42.0. The third-order valence-corrected chi connectivity index (χ3v) is 11.9. The molecule has 11 heteroatoms. The first kappa shape index (κ1) is 34.8. The van der Waals surface area contributed by atoms with Gasteiger partial charge in [0.2, 0.25) is 11.8 Å². The first-order valence-electron chi connectivity index (χ1n) is 18.3. The lowest BCUT2D eigenvalue weighted by Crippen LogP contribution is -2.40. The second-order valence-electron chi connectivity index (χ2n) is 14.7. The highest BCUT2D eigenvalue weighted by atomic mass is 16.5. The van der Waals surface area contributed by atoms with Gasteiger partial charge in [0.1, 0.15) is 11.5 Å². The standard InChI is InChI=1S/C40H50N6O5/c1-24-25(2)40(49)43(3)22-31(24)28-20-34(50-5)32(35(21-28)51-6)23-45-16-12-26(13-17-45)27-14-18-46(19-15-27)33-9-7-8-29-37(42-44(4)38(29)33)30-10-11-36(47)41-39(30)48/h7-9,20-22,26-27,30H,10-19,23H2,1-6H3,(H,41,47,48). The fraction of sp³-hybridized carbons (Fsp3) is 0.500. The predicted octanol–water partition coefficient (Wildman–Crippen LogP) is 5.22. The number of anilines is 1. The van der Waals surface area contributed by atoms with E-state index < -0.39 is 5.92 Å². The molecule has 3 aliphatic heterocycles. The van der Waals surface area contributed by atoms with Crippen molar-refractivity contribution in [1.82, 2.24) is 24.6 Å². The fourth-order valence-electron chi connectivity index (χ4n) is 8.79. The number of rotatable bonds is 8. The molecule has 0 aliphatic carbocycles. The van der Waals surface area contributed by atoms with Crippen molar-refractivity contribution in [2.45, 2.75) is 64.8 Å². The van der Waals surface area contributed by atoms with Gasteiger partial charge in [-0.3, -0.25) is 29.3 Å². The van der Waals surface area contributed by atoms with Crippen LogP contribution in [0.25, 0.3) is 22.0 Å². The van der Waals surface area contributed by atoms with Crippen LogP contribution in [-0.2, 0) is 30.2 Å². The number of hydrogen-bond acceptors (Lipinski definition) is 8. The average Bonchev–Trinajstić information content (AvgIpc) is 3.48. The number of pyridine rings is 1. The number of fused-ring (bicyclic) bond motifs is 1. The highest BCUT2D eigenvalue weighted by molar-refractivity contribution is 6.03. The summed E-state index contributed by atoms with van der Waals surface area (Å²) >= 11 is 0. The Balaban J connectivity index is 0.993. The smallest absolute Gasteiger partial charge is 0.253 e. The van der Waals surface area contributed by atoms with E-state index in [1.807, 2.05) is 31.8 Å². The van der Waals surface area contributed by atoms with E-state index in [1.54, 1.807) is 25.8 Å². The molecule has 4 aromatic rings. The van der Waals surface area contributed by atoms with E-state index >= 15 is 0 Å². The van der Waals surface area contributed by atoms with Crippen LogP contribution in [-0.4, -0.2) is 71.5 Å². The first-order valence-corrected chi connectivity index (χ1v) is 18.3. The van der Waals surface area contributed by atoms with Gasteiger partial charge in [-0.2, -0.15) is 5.10 Å². The maximum absolute atomic E-state index is 12.7. The molecule has 7 rings (SSSR count). The summed E-state index contributed by atoms with van der Waals surface area (Å²) in [5.74, 6) is 2.15. The van der Waals surface area contributed by atoms with Crippen LogP contribution in [0.4, 0.5) is 5.69 Å². The number of methoxy groups -OCH3 is 2. The number of imide groups is 1. The first-order chi connectivity index (χ1) is 24.6. The third-order valence-electron chi connectivity index (χ3n) is 11.9. The molecule has 2 aromatic carbocycles. The Kier molecular flexibility index (Phi) is 9.67. The van der Waals surface area contributed by atoms with Crippen LogP contribution in [0.2, 0.25) is 0 Å². The molecule has 2 aromatic heterocycles. The molecule has 2 amide bonds. The normalized spacial score (nSPS) is 19.5. The number of carbonyl (C=O) groups is 2. The van der Waals surface area contributed by atoms with Gasteiger partial charge >= 0.3 is 0 Å². The van der Waals surface area contributed by atoms with Crippen molar-refractivity contribution in [3.8, 4) is 22.6 Å². The summed E-state index contributed by atoms with van der Waals surface area (Å²) in [7, 11) is 7.17. The fourth-order valence-corrected chi connectivity index (χ4v) is 8.79. The van der Waals surface area contributed by atoms with Crippen molar-refractivity contribution in [2.24, 2.45) is 25.9 Å². The zero-order valence-corrected chi connectivity index (χ0v) is 30.8. The number of aryl methyl sites for hydroxylation is 2. The number of nitrogens with one attached hydrogen (secondary N) is 1. The summed E-state index contributed by atoms with van der Waals surface area (Å²) in [6.45, 7) is 8.71. The molecule has 3 saturated heterocycles. The number of benzene rings is 2. The van der Waals surface area contributed by atoms with Crippen molar-refractivity contribution >= 4 is 28.4 Å². The number of likely N-dealkylation sites (tertiary alicyclic amines) is 1. The van der Waals surface area contributed by atoms with E-state index in [-0.39, 0.29) is 17.4 Å². The van der Waals surface area contributed by atoms with Gasteiger partial charge in [0.05, 0.1) is 42.6 Å². The molecule has 270 valence electrons. The number of aromatic nitrogens is 3. The minimum Gasteiger partial charge on any atom is -0.496 e. The largest absolute Gasteiger partial charge is 0.496 e. The van der Waals surface area contributed by atoms with E-state index in [2.05, 4.69) is 45.4 Å². The zero-order valence-electron chi connectivity index (χ0n) is 30.8. The molecule has 1 unspecified atom stereocenters. The average molecular weight is 695 g/mol. The highest BCUT2D eigenvalue weighted by Crippen LogP contribution is 2.40. The van der Waals surface area contributed by atoms with Gasteiger partial charge in [0.15, 0.2) is 0 Å². The Morgan fingerprint density at radius 2 is 1.51 bits per heavy atom. The monoisotopic (exact) mass is 694 g/mol. The van der Waals surface area contributed by atoms with Gasteiger partial charge in [0, 0.05) is 62.9 Å². The van der Waals surface area contributed by atoms with E-state index in [4.69, 9.17) is 14.6 Å². The zero-order chi connectivity index (χ0) is 36.0. The number of ether oxygens (including phenoxy) is 2. The van der Waals surface area contributed by atoms with Gasteiger partial charge in [-0.25, -0.2) is 0 Å². The van der Waals surface area contributed by atoms with Gasteiger partial charge < -0.3 is 18.9 Å². The van der Waals surface area contributed by atoms with Crippen molar-refractivity contribution in [3.05, 3.63) is 69.3 Å². The molecule has 51 heavy (non-hydrogen) atoms. The highest BCUT2D eigenvalue weighted by Gasteiger charge is 2.34. The van der Waals surface area contributed by atoms with Crippen LogP contribution < -0.4 is 25.2 Å². The lowest BCUT2D eigenvalue weighted by molar-refractivity contribution is -0.134. The second-order valence-corrected chi connectivity index (χ2v) is 14.7. The molecule has 11 nitrogen and oxygen atoms in total. The number of hydrogen-bond donors (Lipinski definition) is 1. The second kappa shape index (κ2) is 14.2. The Morgan fingerprint density at radius 1 is 0.863 bits per heavy atom.